The number of piperazine rings is 1. The van der Waals surface area contributed by atoms with Crippen LogP contribution in [0.5, 0.6) is 0 Å². The number of benzene rings is 1. The van der Waals surface area contributed by atoms with E-state index in [2.05, 4.69) is 34.7 Å². The predicted octanol–water partition coefficient (Wildman–Crippen LogP) is 4.26. The first-order valence-corrected chi connectivity index (χ1v) is 11.0. The summed E-state index contributed by atoms with van der Waals surface area (Å²) in [5.74, 6) is -0.307. The van der Waals surface area contributed by atoms with E-state index >= 15 is 0 Å². The summed E-state index contributed by atoms with van der Waals surface area (Å²) in [7, 11) is 1.70. The van der Waals surface area contributed by atoms with Crippen LogP contribution < -0.4 is 10.5 Å². The van der Waals surface area contributed by atoms with Crippen molar-refractivity contribution in [2.45, 2.75) is 38.9 Å². The van der Waals surface area contributed by atoms with E-state index in [9.17, 15) is 14.4 Å². The minimum absolute atomic E-state index is 0.0480. The SMILES string of the molecule is CC(c1ccc(Cl)cc1F)N1C[C@H](C)N(c2cc(=O)n(C)c3ccc(C#N)nc23)C[C@H]1C. The molecule has 0 N–H and O–H groups in total. The van der Waals surface area contributed by atoms with Gasteiger partial charge in [0, 0.05) is 54.9 Å². The summed E-state index contributed by atoms with van der Waals surface area (Å²) in [6.45, 7) is 7.50. The third-order valence-electron chi connectivity index (χ3n) is 6.44. The first-order chi connectivity index (χ1) is 15.2. The number of aryl methyl sites for hydroxylation is 1. The Morgan fingerprint density at radius 3 is 2.62 bits per heavy atom. The molecule has 3 aromatic rings. The van der Waals surface area contributed by atoms with Crippen LogP contribution in [-0.2, 0) is 7.05 Å². The molecule has 1 aromatic carbocycles. The maximum Gasteiger partial charge on any atom is 0.252 e. The maximum atomic E-state index is 14.6. The second kappa shape index (κ2) is 8.53. The topological polar surface area (TPSA) is 65.2 Å². The summed E-state index contributed by atoms with van der Waals surface area (Å²) < 4.78 is 16.1. The first-order valence-electron chi connectivity index (χ1n) is 10.6. The fourth-order valence-corrected chi connectivity index (χ4v) is 4.80. The van der Waals surface area contributed by atoms with Gasteiger partial charge in [0.2, 0.25) is 0 Å². The molecule has 166 valence electrons. The van der Waals surface area contributed by atoms with Crippen molar-refractivity contribution in [2.24, 2.45) is 7.05 Å². The van der Waals surface area contributed by atoms with Crippen LogP contribution in [0.4, 0.5) is 10.1 Å². The molecule has 1 aliphatic rings. The smallest absolute Gasteiger partial charge is 0.252 e. The van der Waals surface area contributed by atoms with Crippen LogP contribution in [0.25, 0.3) is 11.0 Å². The Balaban J connectivity index is 1.70. The van der Waals surface area contributed by atoms with Crippen molar-refractivity contribution in [2.75, 3.05) is 18.0 Å². The van der Waals surface area contributed by atoms with Gasteiger partial charge in [-0.2, -0.15) is 5.26 Å². The lowest BCUT2D eigenvalue weighted by molar-refractivity contribution is 0.117. The van der Waals surface area contributed by atoms with Gasteiger partial charge in [0.1, 0.15) is 23.1 Å². The Labute approximate surface area is 191 Å². The van der Waals surface area contributed by atoms with E-state index in [0.29, 0.717) is 40.4 Å². The average Bonchev–Trinajstić information content (AvgIpc) is 2.77. The van der Waals surface area contributed by atoms with Crippen LogP contribution in [0.2, 0.25) is 5.02 Å². The summed E-state index contributed by atoms with van der Waals surface area (Å²) in [6, 6.07) is 11.9. The molecule has 1 fully saturated rings. The van der Waals surface area contributed by atoms with Gasteiger partial charge in [-0.1, -0.05) is 17.7 Å². The average molecular weight is 454 g/mol. The van der Waals surface area contributed by atoms with Crippen molar-refractivity contribution in [3.8, 4) is 6.07 Å². The fraction of sp³-hybridized carbons (Fsp3) is 0.375. The molecule has 3 atom stereocenters. The molecule has 1 aliphatic heterocycles. The quantitative estimate of drug-likeness (QED) is 0.593. The highest BCUT2D eigenvalue weighted by molar-refractivity contribution is 6.30. The molecule has 0 amide bonds. The Kier molecular flexibility index (Phi) is 5.93. The second-order valence-electron chi connectivity index (χ2n) is 8.49. The highest BCUT2D eigenvalue weighted by Gasteiger charge is 2.34. The van der Waals surface area contributed by atoms with Crippen molar-refractivity contribution in [1.29, 1.82) is 5.26 Å². The molecule has 0 bridgehead atoms. The Morgan fingerprint density at radius 1 is 1.19 bits per heavy atom. The number of pyridine rings is 2. The molecule has 1 unspecified atom stereocenters. The fourth-order valence-electron chi connectivity index (χ4n) is 4.64. The monoisotopic (exact) mass is 453 g/mol. The van der Waals surface area contributed by atoms with Gasteiger partial charge in [-0.05, 0) is 45.0 Å². The number of fused-ring (bicyclic) bond motifs is 1. The van der Waals surface area contributed by atoms with Gasteiger partial charge in [0.05, 0.1) is 11.2 Å². The highest BCUT2D eigenvalue weighted by atomic mass is 35.5. The van der Waals surface area contributed by atoms with Gasteiger partial charge in [0.15, 0.2) is 0 Å². The highest BCUT2D eigenvalue weighted by Crippen LogP contribution is 2.33. The summed E-state index contributed by atoms with van der Waals surface area (Å²) >= 11 is 5.93. The standard InChI is InChI=1S/C24H25ClFN5O/c1-14-13-31(15(2)12-30(14)16(3)19-7-5-17(25)9-20(19)26)22-10-23(32)29(4)21-8-6-18(11-27)28-24(21)22/h5-10,14-16H,12-13H2,1-4H3/t14-,15+,16?/m1/s1. The minimum Gasteiger partial charge on any atom is -0.364 e. The van der Waals surface area contributed by atoms with Crippen molar-refractivity contribution in [3.63, 3.8) is 0 Å². The zero-order valence-electron chi connectivity index (χ0n) is 18.5. The number of aromatic nitrogens is 2. The van der Waals surface area contributed by atoms with Gasteiger partial charge in [-0.25, -0.2) is 9.37 Å². The van der Waals surface area contributed by atoms with E-state index in [1.165, 1.54) is 6.07 Å². The number of anilines is 1. The van der Waals surface area contributed by atoms with Gasteiger partial charge >= 0.3 is 0 Å². The Bertz CT molecular complexity index is 1280. The van der Waals surface area contributed by atoms with E-state index in [4.69, 9.17) is 11.6 Å². The van der Waals surface area contributed by atoms with Crippen LogP contribution in [0, 0.1) is 17.1 Å². The lowest BCUT2D eigenvalue weighted by Crippen LogP contribution is -2.57. The number of nitriles is 1. The number of halogens is 2. The largest absolute Gasteiger partial charge is 0.364 e. The van der Waals surface area contributed by atoms with E-state index in [1.54, 1.807) is 41.9 Å². The molecule has 3 heterocycles. The van der Waals surface area contributed by atoms with Gasteiger partial charge in [-0.15, -0.1) is 0 Å². The molecule has 0 spiro atoms. The van der Waals surface area contributed by atoms with Gasteiger partial charge in [-0.3, -0.25) is 9.69 Å². The van der Waals surface area contributed by atoms with Crippen molar-refractivity contribution in [3.05, 3.63) is 68.8 Å². The van der Waals surface area contributed by atoms with Crippen LogP contribution in [-0.4, -0.2) is 39.6 Å². The maximum absolute atomic E-state index is 14.6. The van der Waals surface area contributed by atoms with Crippen LogP contribution >= 0.6 is 11.6 Å². The molecule has 0 saturated carbocycles. The van der Waals surface area contributed by atoms with E-state index in [1.807, 2.05) is 6.92 Å². The summed E-state index contributed by atoms with van der Waals surface area (Å²) in [5.41, 5.74) is 2.84. The summed E-state index contributed by atoms with van der Waals surface area (Å²) in [5, 5.41) is 9.70. The molecule has 4 rings (SSSR count). The van der Waals surface area contributed by atoms with Gasteiger partial charge in [0.25, 0.3) is 5.56 Å². The minimum atomic E-state index is -0.307. The Hall–Kier alpha value is -2.95. The van der Waals surface area contributed by atoms with E-state index in [0.717, 1.165) is 5.69 Å². The molecular formula is C24H25ClFN5O. The normalized spacial score (nSPS) is 20.3. The second-order valence-corrected chi connectivity index (χ2v) is 8.93. The van der Waals surface area contributed by atoms with Crippen molar-refractivity contribution in [1.82, 2.24) is 14.5 Å². The third-order valence-corrected chi connectivity index (χ3v) is 6.67. The van der Waals surface area contributed by atoms with E-state index < -0.39 is 0 Å². The number of nitrogens with zero attached hydrogens (tertiary/aromatic N) is 5. The number of hydrogen-bond acceptors (Lipinski definition) is 5. The summed E-state index contributed by atoms with van der Waals surface area (Å²) in [4.78, 5) is 21.6. The van der Waals surface area contributed by atoms with Gasteiger partial charge < -0.3 is 9.47 Å². The third kappa shape index (κ3) is 3.85. The number of hydrogen-bond donors (Lipinski definition) is 0. The first kappa shape index (κ1) is 22.3. The van der Waals surface area contributed by atoms with Crippen LogP contribution in [0.1, 0.15) is 38.1 Å². The zero-order chi connectivity index (χ0) is 23.2. The Morgan fingerprint density at radius 2 is 1.94 bits per heavy atom. The van der Waals surface area contributed by atoms with Crippen molar-refractivity contribution >= 4 is 28.3 Å². The molecule has 2 aromatic heterocycles. The van der Waals surface area contributed by atoms with Crippen LogP contribution in [0.3, 0.4) is 0 Å². The van der Waals surface area contributed by atoms with Crippen LogP contribution in [0.15, 0.2) is 41.2 Å². The lowest BCUT2D eigenvalue weighted by Gasteiger charge is -2.47. The molecule has 32 heavy (non-hydrogen) atoms. The molecule has 0 aliphatic carbocycles. The lowest BCUT2D eigenvalue weighted by atomic mass is 9.99. The molecule has 6 nitrogen and oxygen atoms in total. The molecule has 0 radical (unpaired) electrons. The predicted molar refractivity (Wildman–Crippen MR) is 125 cm³/mol. The summed E-state index contributed by atoms with van der Waals surface area (Å²) in [6.07, 6.45) is 0. The number of rotatable bonds is 3. The molecule has 1 saturated heterocycles. The van der Waals surface area contributed by atoms with E-state index in [-0.39, 0.29) is 29.5 Å². The zero-order valence-corrected chi connectivity index (χ0v) is 19.3. The molecular weight excluding hydrogens is 429 g/mol. The van der Waals surface area contributed by atoms with Crippen molar-refractivity contribution < 1.29 is 4.39 Å². The molecule has 8 heteroatoms.